The summed E-state index contributed by atoms with van der Waals surface area (Å²) in [7, 11) is 1.21. The third-order valence-electron chi connectivity index (χ3n) is 6.32. The number of benzene rings is 2. The molecule has 2 aromatic rings. The molecule has 5 rings (SSSR count). The number of esters is 1. The van der Waals surface area contributed by atoms with Crippen molar-refractivity contribution in [1.82, 2.24) is 0 Å². The molecule has 7 nitrogen and oxygen atoms in total. The maximum absolute atomic E-state index is 13.7. The van der Waals surface area contributed by atoms with Crippen LogP contribution in [-0.4, -0.2) is 24.8 Å². The number of hydrogen-bond acceptors (Lipinski definition) is 6. The molecule has 1 aliphatic carbocycles. The van der Waals surface area contributed by atoms with Crippen LogP contribution in [0.4, 0.5) is 11.4 Å². The Bertz CT molecular complexity index is 1300. The molecule has 1 amide bonds. The Morgan fingerprint density at radius 3 is 2.52 bits per heavy atom. The fraction of sp³-hybridized carbons (Fsp3) is 0.208. The summed E-state index contributed by atoms with van der Waals surface area (Å²) >= 11 is 12.5. The van der Waals surface area contributed by atoms with E-state index in [1.165, 1.54) is 7.11 Å². The molecule has 2 aliphatic heterocycles. The maximum atomic E-state index is 13.7. The van der Waals surface area contributed by atoms with E-state index in [0.717, 1.165) is 0 Å². The Morgan fingerprint density at radius 2 is 1.82 bits per heavy atom. The second-order valence-electron chi connectivity index (χ2n) is 8.06. The molecule has 0 radical (unpaired) electrons. The van der Waals surface area contributed by atoms with Crippen LogP contribution in [0.15, 0.2) is 65.1 Å². The second kappa shape index (κ2) is 7.64. The molecule has 3 N–H and O–H groups in total. The lowest BCUT2D eigenvalue weighted by atomic mass is 9.63. The molecule has 3 aliphatic rings. The van der Waals surface area contributed by atoms with Crippen LogP contribution in [0.3, 0.4) is 0 Å². The number of carbonyl (C=O) groups is 3. The van der Waals surface area contributed by atoms with Crippen molar-refractivity contribution in [2.45, 2.75) is 24.7 Å². The number of fused-ring (bicyclic) bond motifs is 3. The van der Waals surface area contributed by atoms with Gasteiger partial charge in [-0.3, -0.25) is 14.5 Å². The number of allylic oxidation sites excluding steroid dienone is 1. The molecule has 9 heteroatoms. The van der Waals surface area contributed by atoms with Gasteiger partial charge in [0.1, 0.15) is 16.8 Å². The SMILES string of the molecule is COC(=O)C1=C(N)N(c2cc(Cl)cc(Cl)c2)C2=C(C(=O)CCC2)C12C(=O)Nc1ccccc12. The number of nitrogens with two attached hydrogens (primary N) is 1. The fourth-order valence-electron chi connectivity index (χ4n) is 5.13. The minimum Gasteiger partial charge on any atom is -0.466 e. The van der Waals surface area contributed by atoms with Gasteiger partial charge in [-0.05, 0) is 37.1 Å². The summed E-state index contributed by atoms with van der Waals surface area (Å²) in [6.07, 6.45) is 1.29. The Labute approximate surface area is 199 Å². The Balaban J connectivity index is 1.92. The lowest BCUT2D eigenvalue weighted by molar-refractivity contribution is -0.138. The van der Waals surface area contributed by atoms with Gasteiger partial charge in [0, 0.05) is 39.0 Å². The summed E-state index contributed by atoms with van der Waals surface area (Å²) in [5, 5.41) is 3.55. The van der Waals surface area contributed by atoms with E-state index < -0.39 is 17.3 Å². The van der Waals surface area contributed by atoms with Gasteiger partial charge in [0.15, 0.2) is 5.78 Å². The van der Waals surface area contributed by atoms with Gasteiger partial charge in [0.25, 0.3) is 0 Å². The molecule has 33 heavy (non-hydrogen) atoms. The molecular weight excluding hydrogens is 465 g/mol. The van der Waals surface area contributed by atoms with Crippen molar-refractivity contribution in [3.8, 4) is 0 Å². The average Bonchev–Trinajstić information content (AvgIpc) is 3.05. The number of para-hydroxylation sites is 1. The smallest absolute Gasteiger partial charge is 0.339 e. The van der Waals surface area contributed by atoms with Gasteiger partial charge in [-0.2, -0.15) is 0 Å². The number of rotatable bonds is 2. The minimum atomic E-state index is -1.71. The molecule has 2 heterocycles. The Morgan fingerprint density at radius 1 is 1.12 bits per heavy atom. The predicted molar refractivity (Wildman–Crippen MR) is 125 cm³/mol. The van der Waals surface area contributed by atoms with E-state index in [1.54, 1.807) is 47.4 Å². The van der Waals surface area contributed by atoms with Crippen molar-refractivity contribution in [3.05, 3.63) is 80.7 Å². The first kappa shape index (κ1) is 21.6. The number of carbonyl (C=O) groups excluding carboxylic acids is 3. The number of amides is 1. The number of nitrogens with zero attached hydrogens (tertiary/aromatic N) is 1. The highest BCUT2D eigenvalue weighted by Gasteiger charge is 2.61. The first-order valence-corrected chi connectivity index (χ1v) is 11.1. The van der Waals surface area contributed by atoms with Crippen LogP contribution in [0.1, 0.15) is 24.8 Å². The van der Waals surface area contributed by atoms with E-state index in [4.69, 9.17) is 33.7 Å². The fourth-order valence-corrected chi connectivity index (χ4v) is 5.64. The summed E-state index contributed by atoms with van der Waals surface area (Å²) in [5.74, 6) is -1.56. The van der Waals surface area contributed by atoms with Crippen molar-refractivity contribution in [1.29, 1.82) is 0 Å². The van der Waals surface area contributed by atoms with Gasteiger partial charge in [-0.1, -0.05) is 41.4 Å². The first-order chi connectivity index (χ1) is 15.8. The van der Waals surface area contributed by atoms with Crippen LogP contribution >= 0.6 is 23.2 Å². The van der Waals surface area contributed by atoms with Crippen molar-refractivity contribution in [2.24, 2.45) is 5.73 Å². The van der Waals surface area contributed by atoms with Crippen LogP contribution in [0.5, 0.6) is 0 Å². The van der Waals surface area contributed by atoms with E-state index in [9.17, 15) is 14.4 Å². The topological polar surface area (TPSA) is 102 Å². The molecule has 1 spiro atoms. The van der Waals surface area contributed by atoms with Gasteiger partial charge in [0.05, 0.1) is 12.8 Å². The molecule has 0 aromatic heterocycles. The molecular formula is C24H19Cl2N3O4. The maximum Gasteiger partial charge on any atom is 0.339 e. The molecule has 1 unspecified atom stereocenters. The van der Waals surface area contributed by atoms with Crippen LogP contribution in [0.2, 0.25) is 10.0 Å². The quantitative estimate of drug-likeness (QED) is 0.624. The molecule has 0 saturated carbocycles. The van der Waals surface area contributed by atoms with Gasteiger partial charge in [-0.25, -0.2) is 4.79 Å². The monoisotopic (exact) mass is 483 g/mol. The summed E-state index contributed by atoms with van der Waals surface area (Å²) in [5.41, 5.74) is 7.08. The largest absolute Gasteiger partial charge is 0.466 e. The molecule has 0 bridgehead atoms. The number of anilines is 2. The lowest BCUT2D eigenvalue weighted by Crippen LogP contribution is -2.53. The molecule has 1 atom stereocenters. The van der Waals surface area contributed by atoms with Crippen LogP contribution in [-0.2, 0) is 24.5 Å². The summed E-state index contributed by atoms with van der Waals surface area (Å²) < 4.78 is 5.09. The highest BCUT2D eigenvalue weighted by atomic mass is 35.5. The van der Waals surface area contributed by atoms with Gasteiger partial charge < -0.3 is 15.8 Å². The lowest BCUT2D eigenvalue weighted by Gasteiger charge is -2.44. The summed E-state index contributed by atoms with van der Waals surface area (Å²) in [6.45, 7) is 0. The number of nitrogens with one attached hydrogen (secondary N) is 1. The average molecular weight is 484 g/mol. The third-order valence-corrected chi connectivity index (χ3v) is 6.75. The molecule has 2 aromatic carbocycles. The highest BCUT2D eigenvalue weighted by molar-refractivity contribution is 6.35. The van der Waals surface area contributed by atoms with Crippen LogP contribution in [0.25, 0.3) is 0 Å². The van der Waals surface area contributed by atoms with E-state index >= 15 is 0 Å². The van der Waals surface area contributed by atoms with Crippen molar-refractivity contribution >= 4 is 52.2 Å². The van der Waals surface area contributed by atoms with Crippen LogP contribution < -0.4 is 16.0 Å². The summed E-state index contributed by atoms with van der Waals surface area (Å²) in [4.78, 5) is 42.0. The molecule has 0 fully saturated rings. The normalized spacial score (nSPS) is 21.8. The zero-order valence-corrected chi connectivity index (χ0v) is 19.1. The second-order valence-corrected chi connectivity index (χ2v) is 8.94. The highest BCUT2D eigenvalue weighted by Crippen LogP contribution is 2.55. The zero-order chi connectivity index (χ0) is 23.5. The van der Waals surface area contributed by atoms with Crippen LogP contribution in [0, 0.1) is 0 Å². The van der Waals surface area contributed by atoms with Gasteiger partial charge in [0.2, 0.25) is 5.91 Å². The van der Waals surface area contributed by atoms with E-state index in [-0.39, 0.29) is 29.2 Å². The van der Waals surface area contributed by atoms with Crippen molar-refractivity contribution in [2.75, 3.05) is 17.3 Å². The predicted octanol–water partition coefficient (Wildman–Crippen LogP) is 4.05. The number of methoxy groups -OCH3 is 1. The Kier molecular flexibility index (Phi) is 4.99. The number of halogens is 2. The van der Waals surface area contributed by atoms with E-state index in [2.05, 4.69) is 5.32 Å². The molecule has 0 saturated heterocycles. The number of Topliss-reactive ketones (excluding diaryl/α,β-unsaturated/α-hetero) is 1. The van der Waals surface area contributed by atoms with Crippen molar-refractivity contribution in [3.63, 3.8) is 0 Å². The standard InChI is InChI=1S/C24H19Cl2N3O4/c1-33-22(31)20-21(27)29(14-10-12(25)9-13(26)11-14)17-7-4-8-18(30)19(17)24(20)15-5-2-3-6-16(15)28-23(24)32/h2-3,5-6,9-11H,4,7-8,27H2,1H3,(H,28,32). The van der Waals surface area contributed by atoms with E-state index in [1.807, 2.05) is 0 Å². The zero-order valence-electron chi connectivity index (χ0n) is 17.6. The summed E-state index contributed by atoms with van der Waals surface area (Å²) in [6, 6.07) is 11.8. The van der Waals surface area contributed by atoms with Gasteiger partial charge in [-0.15, -0.1) is 0 Å². The number of ketones is 1. The first-order valence-electron chi connectivity index (χ1n) is 10.3. The molecule has 168 valence electrons. The Hall–Kier alpha value is -3.29. The van der Waals surface area contributed by atoms with E-state index in [0.29, 0.717) is 45.5 Å². The number of ether oxygens (including phenoxy) is 1. The van der Waals surface area contributed by atoms with Crippen molar-refractivity contribution < 1.29 is 19.1 Å². The number of hydrogen-bond donors (Lipinski definition) is 2. The minimum absolute atomic E-state index is 0.0134. The third kappa shape index (κ3) is 2.92. The van der Waals surface area contributed by atoms with Gasteiger partial charge >= 0.3 is 5.97 Å².